The monoisotopic (exact) mass is 244 g/mol. The molecule has 0 aliphatic carbocycles. The van der Waals surface area contributed by atoms with Gasteiger partial charge < -0.3 is 15.5 Å². The van der Waals surface area contributed by atoms with Gasteiger partial charge in [-0.3, -0.25) is 14.5 Å². The summed E-state index contributed by atoms with van der Waals surface area (Å²) in [5.41, 5.74) is -0.925. The summed E-state index contributed by atoms with van der Waals surface area (Å²) in [6, 6.07) is -0.752. The fourth-order valence-electron chi connectivity index (χ4n) is 1.95. The molecule has 3 N–H and O–H groups in total. The van der Waals surface area contributed by atoms with Gasteiger partial charge in [-0.05, 0) is 12.8 Å². The number of nitrogens with one attached hydrogen (secondary N) is 1. The number of aliphatic carboxylic acids is 1. The highest BCUT2D eigenvalue weighted by Crippen LogP contribution is 2.18. The maximum Gasteiger partial charge on any atom is 0.322 e. The lowest BCUT2D eigenvalue weighted by atomic mass is 9.95. The summed E-state index contributed by atoms with van der Waals surface area (Å²) in [7, 11) is 0. The molecule has 1 aliphatic rings. The molecule has 0 aromatic heterocycles. The number of carbonyl (C=O) groups is 2. The van der Waals surface area contributed by atoms with Crippen LogP contribution in [0.1, 0.15) is 26.7 Å². The molecule has 1 amide bonds. The second-order valence-corrected chi connectivity index (χ2v) is 4.49. The minimum absolute atomic E-state index is 0.0271. The SMILES string of the molecule is CCC(O)(CC)CN1CC(=O)NCC1C(=O)O. The molecule has 98 valence electrons. The average Bonchev–Trinajstić information content (AvgIpc) is 2.28. The van der Waals surface area contributed by atoms with Crippen molar-refractivity contribution in [2.24, 2.45) is 0 Å². The Morgan fingerprint density at radius 3 is 2.59 bits per heavy atom. The Hall–Kier alpha value is -1.14. The van der Waals surface area contributed by atoms with Crippen molar-refractivity contribution in [2.75, 3.05) is 19.6 Å². The van der Waals surface area contributed by atoms with E-state index in [9.17, 15) is 14.7 Å². The first-order valence-corrected chi connectivity index (χ1v) is 5.88. The molecule has 1 atom stereocenters. The van der Waals surface area contributed by atoms with Crippen LogP contribution < -0.4 is 5.32 Å². The number of nitrogens with zero attached hydrogens (tertiary/aromatic N) is 1. The first kappa shape index (κ1) is 13.9. The molecule has 0 aromatic rings. The standard InChI is InChI=1S/C11H20N2O4/c1-3-11(17,4-2)7-13-6-9(14)12-5-8(13)10(15)16/h8,17H,3-7H2,1-2H3,(H,12,14)(H,15,16). The summed E-state index contributed by atoms with van der Waals surface area (Å²) in [4.78, 5) is 23.9. The summed E-state index contributed by atoms with van der Waals surface area (Å²) >= 11 is 0. The molecule has 0 bridgehead atoms. The van der Waals surface area contributed by atoms with Crippen LogP contribution in [0.3, 0.4) is 0 Å². The largest absolute Gasteiger partial charge is 0.480 e. The van der Waals surface area contributed by atoms with E-state index in [4.69, 9.17) is 5.11 Å². The average molecular weight is 244 g/mol. The van der Waals surface area contributed by atoms with Gasteiger partial charge in [-0.2, -0.15) is 0 Å². The Kier molecular flexibility index (Phi) is 4.47. The maximum atomic E-state index is 11.3. The van der Waals surface area contributed by atoms with Gasteiger partial charge in [0.1, 0.15) is 6.04 Å². The number of carboxylic acids is 1. The normalized spacial score (nSPS) is 22.3. The van der Waals surface area contributed by atoms with E-state index in [0.29, 0.717) is 12.8 Å². The van der Waals surface area contributed by atoms with Crippen molar-refractivity contribution < 1.29 is 19.8 Å². The van der Waals surface area contributed by atoms with Crippen molar-refractivity contribution in [3.05, 3.63) is 0 Å². The van der Waals surface area contributed by atoms with Crippen LogP contribution in [0.15, 0.2) is 0 Å². The molecule has 6 nitrogen and oxygen atoms in total. The van der Waals surface area contributed by atoms with Crippen molar-refractivity contribution in [1.82, 2.24) is 10.2 Å². The second-order valence-electron chi connectivity index (χ2n) is 4.49. The van der Waals surface area contributed by atoms with Gasteiger partial charge in [0, 0.05) is 13.1 Å². The van der Waals surface area contributed by atoms with Gasteiger partial charge in [-0.15, -0.1) is 0 Å². The molecule has 0 spiro atoms. The van der Waals surface area contributed by atoms with E-state index in [1.165, 1.54) is 4.90 Å². The fourth-order valence-corrected chi connectivity index (χ4v) is 1.95. The Bertz CT molecular complexity index is 302. The van der Waals surface area contributed by atoms with Gasteiger partial charge in [0.15, 0.2) is 0 Å². The zero-order chi connectivity index (χ0) is 13.1. The Labute approximate surface area is 101 Å². The van der Waals surface area contributed by atoms with Crippen molar-refractivity contribution in [1.29, 1.82) is 0 Å². The first-order valence-electron chi connectivity index (χ1n) is 5.88. The van der Waals surface area contributed by atoms with Gasteiger partial charge >= 0.3 is 5.97 Å². The van der Waals surface area contributed by atoms with E-state index in [2.05, 4.69) is 5.32 Å². The predicted molar refractivity (Wildman–Crippen MR) is 61.5 cm³/mol. The number of carboxylic acid groups (broad SMARTS) is 1. The second kappa shape index (κ2) is 5.46. The maximum absolute atomic E-state index is 11.3. The molecular weight excluding hydrogens is 224 g/mol. The van der Waals surface area contributed by atoms with Crippen LogP contribution in [0.5, 0.6) is 0 Å². The van der Waals surface area contributed by atoms with Crippen LogP contribution in [-0.4, -0.2) is 58.3 Å². The zero-order valence-electron chi connectivity index (χ0n) is 10.3. The third kappa shape index (κ3) is 3.41. The molecule has 0 radical (unpaired) electrons. The minimum atomic E-state index is -0.973. The molecule has 6 heteroatoms. The third-order valence-electron chi connectivity index (χ3n) is 3.38. The summed E-state index contributed by atoms with van der Waals surface area (Å²) < 4.78 is 0. The highest BCUT2D eigenvalue weighted by Gasteiger charge is 2.36. The van der Waals surface area contributed by atoms with Crippen molar-refractivity contribution >= 4 is 11.9 Å². The smallest absolute Gasteiger partial charge is 0.322 e. The zero-order valence-corrected chi connectivity index (χ0v) is 10.3. The number of hydrogen-bond donors (Lipinski definition) is 3. The summed E-state index contributed by atoms with van der Waals surface area (Å²) in [5.74, 6) is -1.17. The third-order valence-corrected chi connectivity index (χ3v) is 3.38. The molecule has 17 heavy (non-hydrogen) atoms. The van der Waals surface area contributed by atoms with Crippen LogP contribution in [0.25, 0.3) is 0 Å². The molecule has 1 saturated heterocycles. The van der Waals surface area contributed by atoms with Crippen molar-refractivity contribution in [2.45, 2.75) is 38.3 Å². The summed E-state index contributed by atoms with van der Waals surface area (Å²) in [6.07, 6.45) is 1.07. The highest BCUT2D eigenvalue weighted by atomic mass is 16.4. The number of carbonyl (C=O) groups excluding carboxylic acids is 1. The van der Waals surface area contributed by atoms with Crippen LogP contribution in [-0.2, 0) is 9.59 Å². The van der Waals surface area contributed by atoms with E-state index in [1.807, 2.05) is 13.8 Å². The van der Waals surface area contributed by atoms with Gasteiger partial charge in [0.05, 0.1) is 12.1 Å². The summed E-state index contributed by atoms with van der Waals surface area (Å²) in [6.45, 7) is 4.04. The van der Waals surface area contributed by atoms with E-state index in [1.54, 1.807) is 0 Å². The van der Waals surface area contributed by atoms with Gasteiger partial charge in [-0.1, -0.05) is 13.8 Å². The lowest BCUT2D eigenvalue weighted by Gasteiger charge is -2.38. The Morgan fingerprint density at radius 1 is 1.53 bits per heavy atom. The van der Waals surface area contributed by atoms with Crippen molar-refractivity contribution in [3.63, 3.8) is 0 Å². The van der Waals surface area contributed by atoms with Crippen LogP contribution >= 0.6 is 0 Å². The Morgan fingerprint density at radius 2 is 2.12 bits per heavy atom. The number of piperazine rings is 1. The van der Waals surface area contributed by atoms with Crippen LogP contribution in [0.2, 0.25) is 0 Å². The first-order chi connectivity index (χ1) is 7.91. The predicted octanol–water partition coefficient (Wildman–Crippen LogP) is -0.577. The number of hydrogen-bond acceptors (Lipinski definition) is 4. The molecule has 1 fully saturated rings. The summed E-state index contributed by atoms with van der Waals surface area (Å²) in [5, 5.41) is 21.8. The molecular formula is C11H20N2O4. The van der Waals surface area contributed by atoms with Gasteiger partial charge in [-0.25, -0.2) is 0 Å². The molecule has 1 rings (SSSR count). The van der Waals surface area contributed by atoms with E-state index >= 15 is 0 Å². The fraction of sp³-hybridized carbons (Fsp3) is 0.818. The lowest BCUT2D eigenvalue weighted by Crippen LogP contribution is -2.60. The number of amides is 1. The molecule has 1 aliphatic heterocycles. The van der Waals surface area contributed by atoms with E-state index in [0.717, 1.165) is 0 Å². The topological polar surface area (TPSA) is 89.9 Å². The molecule has 0 saturated carbocycles. The van der Waals surface area contributed by atoms with E-state index < -0.39 is 17.6 Å². The van der Waals surface area contributed by atoms with Gasteiger partial charge in [0.25, 0.3) is 0 Å². The Balaban J connectivity index is 2.76. The molecule has 0 aromatic carbocycles. The minimum Gasteiger partial charge on any atom is -0.480 e. The van der Waals surface area contributed by atoms with E-state index in [-0.39, 0.29) is 25.5 Å². The van der Waals surface area contributed by atoms with Gasteiger partial charge in [0.2, 0.25) is 5.91 Å². The van der Waals surface area contributed by atoms with Crippen LogP contribution in [0, 0.1) is 0 Å². The highest BCUT2D eigenvalue weighted by molar-refractivity contribution is 5.83. The molecule has 1 heterocycles. The van der Waals surface area contributed by atoms with Crippen LogP contribution in [0.4, 0.5) is 0 Å². The van der Waals surface area contributed by atoms with Crippen molar-refractivity contribution in [3.8, 4) is 0 Å². The lowest BCUT2D eigenvalue weighted by molar-refractivity contribution is -0.148. The quantitative estimate of drug-likeness (QED) is 0.602. The number of aliphatic hydroxyl groups is 1. The number of rotatable bonds is 5. The number of β-amino-alcohol motifs (C(OH)–C–C–N with tert-alkyl or cyclic N) is 1. The molecule has 1 unspecified atom stereocenters.